The summed E-state index contributed by atoms with van der Waals surface area (Å²) in [5.41, 5.74) is 4.29. The van der Waals surface area contributed by atoms with Gasteiger partial charge in [0.15, 0.2) is 0 Å². The Hall–Kier alpha value is -1.88. The Balaban J connectivity index is 1.80. The number of para-hydroxylation sites is 1. The SMILES string of the molecule is CCCCC(NCC)C(OC)C(CCc1ccccc1N1CCN(CC)CC1)c1ccccc1. The van der Waals surface area contributed by atoms with Crippen LogP contribution in [0.15, 0.2) is 54.6 Å². The van der Waals surface area contributed by atoms with Gasteiger partial charge in [0.1, 0.15) is 0 Å². The maximum absolute atomic E-state index is 6.26. The summed E-state index contributed by atoms with van der Waals surface area (Å²) in [6, 6.07) is 20.5. The van der Waals surface area contributed by atoms with Gasteiger partial charge in [0, 0.05) is 50.9 Å². The van der Waals surface area contributed by atoms with E-state index >= 15 is 0 Å². The van der Waals surface area contributed by atoms with Crippen LogP contribution in [0, 0.1) is 0 Å². The van der Waals surface area contributed by atoms with Gasteiger partial charge < -0.3 is 19.9 Å². The highest BCUT2D eigenvalue weighted by molar-refractivity contribution is 5.54. The number of rotatable bonds is 14. The molecule has 4 nitrogen and oxygen atoms in total. The molecule has 0 bridgehead atoms. The molecule has 2 aromatic carbocycles. The van der Waals surface area contributed by atoms with Crippen LogP contribution in [0.5, 0.6) is 0 Å². The highest BCUT2D eigenvalue weighted by Gasteiger charge is 2.30. The minimum atomic E-state index is 0.161. The predicted molar refractivity (Wildman–Crippen MR) is 146 cm³/mol. The number of likely N-dealkylation sites (N-methyl/N-ethyl adjacent to an activating group) is 2. The molecule has 3 unspecified atom stereocenters. The number of ether oxygens (including phenoxy) is 1. The minimum Gasteiger partial charge on any atom is -0.379 e. The number of nitrogens with zero attached hydrogens (tertiary/aromatic N) is 2. The maximum Gasteiger partial charge on any atom is 0.0792 e. The monoisotopic (exact) mass is 465 g/mol. The van der Waals surface area contributed by atoms with Gasteiger partial charge in [0.2, 0.25) is 0 Å². The summed E-state index contributed by atoms with van der Waals surface area (Å²) >= 11 is 0. The van der Waals surface area contributed by atoms with E-state index in [9.17, 15) is 0 Å². The average Bonchev–Trinajstić information content (AvgIpc) is 2.90. The molecule has 3 atom stereocenters. The largest absolute Gasteiger partial charge is 0.379 e. The van der Waals surface area contributed by atoms with E-state index in [0.29, 0.717) is 12.0 Å². The number of hydrogen-bond donors (Lipinski definition) is 1. The number of hydrogen-bond acceptors (Lipinski definition) is 4. The molecule has 34 heavy (non-hydrogen) atoms. The van der Waals surface area contributed by atoms with E-state index in [1.165, 1.54) is 29.7 Å². The van der Waals surface area contributed by atoms with E-state index in [1.807, 2.05) is 7.11 Å². The normalized spacial score (nSPS) is 17.5. The van der Waals surface area contributed by atoms with E-state index in [-0.39, 0.29) is 6.10 Å². The molecule has 0 saturated carbocycles. The fourth-order valence-corrected chi connectivity index (χ4v) is 5.55. The third kappa shape index (κ3) is 7.31. The van der Waals surface area contributed by atoms with Crippen molar-refractivity contribution in [2.24, 2.45) is 0 Å². The number of piperazine rings is 1. The molecule has 1 heterocycles. The fraction of sp³-hybridized carbons (Fsp3) is 0.600. The van der Waals surface area contributed by atoms with Crippen LogP contribution in [-0.2, 0) is 11.2 Å². The summed E-state index contributed by atoms with van der Waals surface area (Å²) in [5.74, 6) is 0.358. The van der Waals surface area contributed by atoms with Crippen LogP contribution in [0.1, 0.15) is 63.5 Å². The lowest BCUT2D eigenvalue weighted by atomic mass is 9.83. The Morgan fingerprint density at radius 2 is 1.59 bits per heavy atom. The summed E-state index contributed by atoms with van der Waals surface area (Å²) in [5, 5.41) is 3.75. The van der Waals surface area contributed by atoms with Crippen molar-refractivity contribution in [3.05, 3.63) is 65.7 Å². The number of aryl methyl sites for hydroxylation is 1. The minimum absolute atomic E-state index is 0.161. The van der Waals surface area contributed by atoms with Crippen molar-refractivity contribution in [1.82, 2.24) is 10.2 Å². The van der Waals surface area contributed by atoms with Crippen LogP contribution < -0.4 is 10.2 Å². The lowest BCUT2D eigenvalue weighted by Gasteiger charge is -2.37. The zero-order valence-electron chi connectivity index (χ0n) is 22.0. The van der Waals surface area contributed by atoms with Crippen molar-refractivity contribution in [3.8, 4) is 0 Å². The zero-order valence-corrected chi connectivity index (χ0v) is 22.0. The van der Waals surface area contributed by atoms with Gasteiger partial charge in [-0.1, -0.05) is 82.1 Å². The maximum atomic E-state index is 6.26. The van der Waals surface area contributed by atoms with Gasteiger partial charge in [0.05, 0.1) is 6.10 Å². The van der Waals surface area contributed by atoms with Crippen molar-refractivity contribution in [2.75, 3.05) is 51.3 Å². The van der Waals surface area contributed by atoms with Crippen molar-refractivity contribution in [3.63, 3.8) is 0 Å². The van der Waals surface area contributed by atoms with Crippen molar-refractivity contribution in [1.29, 1.82) is 0 Å². The molecule has 2 aromatic rings. The fourth-order valence-electron chi connectivity index (χ4n) is 5.55. The lowest BCUT2D eigenvalue weighted by Crippen LogP contribution is -2.46. The quantitative estimate of drug-likeness (QED) is 0.386. The standard InChI is InChI=1S/C30H47N3O/c1-5-8-17-28(31-6-2)30(34-4)27(25-14-10-9-11-15-25)20-19-26-16-12-13-18-29(26)33-23-21-32(7-3)22-24-33/h9-16,18,27-28,30-31H,5-8,17,19-24H2,1-4H3. The van der Waals surface area contributed by atoms with Crippen LogP contribution in [0.3, 0.4) is 0 Å². The Labute approximate surface area is 208 Å². The van der Waals surface area contributed by atoms with Gasteiger partial charge in [-0.05, 0) is 49.5 Å². The topological polar surface area (TPSA) is 27.7 Å². The lowest BCUT2D eigenvalue weighted by molar-refractivity contribution is 0.0409. The van der Waals surface area contributed by atoms with Gasteiger partial charge in [0.25, 0.3) is 0 Å². The van der Waals surface area contributed by atoms with Crippen molar-refractivity contribution < 1.29 is 4.74 Å². The second kappa shape index (κ2) is 14.5. The van der Waals surface area contributed by atoms with Crippen LogP contribution in [0.4, 0.5) is 5.69 Å². The molecule has 1 N–H and O–H groups in total. The molecule has 0 aromatic heterocycles. The molecule has 1 aliphatic heterocycles. The van der Waals surface area contributed by atoms with Gasteiger partial charge >= 0.3 is 0 Å². The van der Waals surface area contributed by atoms with Crippen LogP contribution >= 0.6 is 0 Å². The molecule has 0 amide bonds. The highest BCUT2D eigenvalue weighted by atomic mass is 16.5. The molecule has 1 aliphatic rings. The zero-order chi connectivity index (χ0) is 24.2. The Kier molecular flexibility index (Phi) is 11.4. The first kappa shape index (κ1) is 26.7. The van der Waals surface area contributed by atoms with Crippen LogP contribution in [0.25, 0.3) is 0 Å². The Bertz CT molecular complexity index is 804. The first-order valence-corrected chi connectivity index (χ1v) is 13.6. The molecule has 188 valence electrons. The highest BCUT2D eigenvalue weighted by Crippen LogP contribution is 2.32. The first-order chi connectivity index (χ1) is 16.7. The molecule has 3 rings (SSSR count). The van der Waals surface area contributed by atoms with E-state index in [0.717, 1.165) is 58.5 Å². The van der Waals surface area contributed by atoms with Crippen molar-refractivity contribution >= 4 is 5.69 Å². The Morgan fingerprint density at radius 1 is 0.882 bits per heavy atom. The van der Waals surface area contributed by atoms with E-state index < -0.39 is 0 Å². The molecule has 1 saturated heterocycles. The van der Waals surface area contributed by atoms with E-state index in [4.69, 9.17) is 4.74 Å². The molecular formula is C30H47N3O. The number of methoxy groups -OCH3 is 1. The summed E-state index contributed by atoms with van der Waals surface area (Å²) in [4.78, 5) is 5.14. The summed E-state index contributed by atoms with van der Waals surface area (Å²) in [6.07, 6.45) is 5.91. The smallest absolute Gasteiger partial charge is 0.0792 e. The third-order valence-corrected chi connectivity index (χ3v) is 7.50. The van der Waals surface area contributed by atoms with Crippen molar-refractivity contribution in [2.45, 2.75) is 70.9 Å². The van der Waals surface area contributed by atoms with Gasteiger partial charge in [-0.15, -0.1) is 0 Å². The molecule has 0 aliphatic carbocycles. The van der Waals surface area contributed by atoms with Gasteiger partial charge in [-0.25, -0.2) is 0 Å². The van der Waals surface area contributed by atoms with E-state index in [2.05, 4.69) is 90.5 Å². The third-order valence-electron chi connectivity index (χ3n) is 7.50. The second-order valence-electron chi connectivity index (χ2n) is 9.61. The van der Waals surface area contributed by atoms with Gasteiger partial charge in [-0.2, -0.15) is 0 Å². The summed E-state index contributed by atoms with van der Waals surface area (Å²) in [7, 11) is 1.90. The van der Waals surface area contributed by atoms with E-state index in [1.54, 1.807) is 0 Å². The Morgan fingerprint density at radius 3 is 2.24 bits per heavy atom. The molecule has 1 fully saturated rings. The van der Waals surface area contributed by atoms with Gasteiger partial charge in [-0.3, -0.25) is 0 Å². The molecular weight excluding hydrogens is 418 g/mol. The average molecular weight is 466 g/mol. The molecule has 0 radical (unpaired) electrons. The summed E-state index contributed by atoms with van der Waals surface area (Å²) < 4.78 is 6.26. The second-order valence-corrected chi connectivity index (χ2v) is 9.61. The van der Waals surface area contributed by atoms with Crippen LogP contribution in [0.2, 0.25) is 0 Å². The number of anilines is 1. The molecule has 0 spiro atoms. The number of nitrogens with one attached hydrogen (secondary N) is 1. The summed E-state index contributed by atoms with van der Waals surface area (Å²) in [6.45, 7) is 13.4. The predicted octanol–water partition coefficient (Wildman–Crippen LogP) is 5.73. The number of benzene rings is 2. The first-order valence-electron chi connectivity index (χ1n) is 13.6. The number of unbranched alkanes of at least 4 members (excludes halogenated alkanes) is 1. The van der Waals surface area contributed by atoms with Crippen LogP contribution in [-0.4, -0.2) is 63.4 Å². The molecule has 4 heteroatoms.